The van der Waals surface area contributed by atoms with Gasteiger partial charge in [0.15, 0.2) is 0 Å². The quantitative estimate of drug-likeness (QED) is 0.384. The molecule has 0 bridgehead atoms. The zero-order valence-corrected chi connectivity index (χ0v) is 16.8. The van der Waals surface area contributed by atoms with Gasteiger partial charge in [0.25, 0.3) is 0 Å². The third-order valence-electron chi connectivity index (χ3n) is 5.41. The van der Waals surface area contributed by atoms with Crippen molar-refractivity contribution < 1.29 is 9.84 Å². The van der Waals surface area contributed by atoms with Crippen LogP contribution in [0.15, 0.2) is 120 Å². The number of phenolic OH excluding ortho intramolecular Hbond substituents is 1. The molecule has 0 aromatic heterocycles. The number of para-hydroxylation sites is 3. The summed E-state index contributed by atoms with van der Waals surface area (Å²) in [7, 11) is 0. The number of rotatable bonds is 4. The summed E-state index contributed by atoms with van der Waals surface area (Å²) >= 11 is 0. The number of aromatic hydroxyl groups is 1. The number of hydrogen-bond donors (Lipinski definition) is 1. The van der Waals surface area contributed by atoms with Gasteiger partial charge in [0.05, 0.1) is 0 Å². The monoisotopic (exact) mass is 403 g/mol. The molecule has 1 N–H and O–H groups in total. The van der Waals surface area contributed by atoms with Crippen LogP contribution in [0.4, 0.5) is 5.69 Å². The lowest BCUT2D eigenvalue weighted by atomic mass is 9.81. The molecule has 1 aliphatic rings. The Kier molecular flexibility index (Phi) is 5.07. The molecule has 5 rings (SSSR count). The van der Waals surface area contributed by atoms with E-state index in [0.717, 1.165) is 33.8 Å². The number of ether oxygens (including phenoxy) is 1. The molecule has 31 heavy (non-hydrogen) atoms. The molecule has 0 radical (unpaired) electrons. The average Bonchev–Trinajstić information content (AvgIpc) is 2.84. The molecule has 1 heterocycles. The van der Waals surface area contributed by atoms with E-state index in [1.54, 1.807) is 18.2 Å². The van der Waals surface area contributed by atoms with E-state index in [-0.39, 0.29) is 11.7 Å². The van der Waals surface area contributed by atoms with Crippen LogP contribution in [0, 0.1) is 0 Å². The van der Waals surface area contributed by atoms with E-state index >= 15 is 0 Å². The maximum Gasteiger partial charge on any atom is 0.141 e. The number of phenols is 1. The van der Waals surface area contributed by atoms with Crippen molar-refractivity contribution in [3.8, 4) is 11.5 Å². The Morgan fingerprint density at radius 1 is 0.710 bits per heavy atom. The number of allylic oxidation sites excluding steroid dienone is 1. The zero-order chi connectivity index (χ0) is 21.0. The summed E-state index contributed by atoms with van der Waals surface area (Å²) in [6.45, 7) is 0. The van der Waals surface area contributed by atoms with Gasteiger partial charge in [-0.05, 0) is 23.8 Å². The van der Waals surface area contributed by atoms with Gasteiger partial charge in [0.2, 0.25) is 0 Å². The highest BCUT2D eigenvalue weighted by atomic mass is 16.5. The summed E-state index contributed by atoms with van der Waals surface area (Å²) in [5.74, 6) is 1.71. The lowest BCUT2D eigenvalue weighted by Gasteiger charge is -2.30. The molecule has 0 saturated carbocycles. The Hall–Kier alpha value is -4.11. The summed E-state index contributed by atoms with van der Waals surface area (Å²) in [5, 5.41) is 10.2. The van der Waals surface area contributed by atoms with Crippen LogP contribution < -0.4 is 4.74 Å². The predicted octanol–water partition coefficient (Wildman–Crippen LogP) is 6.73. The van der Waals surface area contributed by atoms with E-state index in [9.17, 15) is 5.11 Å². The summed E-state index contributed by atoms with van der Waals surface area (Å²) in [6, 6.07) is 35.7. The van der Waals surface area contributed by atoms with Gasteiger partial charge in [-0.1, -0.05) is 91.0 Å². The molecule has 0 unspecified atom stereocenters. The van der Waals surface area contributed by atoms with E-state index in [2.05, 4.69) is 23.2 Å². The Balaban J connectivity index is 1.74. The van der Waals surface area contributed by atoms with E-state index in [1.165, 1.54) is 0 Å². The topological polar surface area (TPSA) is 41.8 Å². The van der Waals surface area contributed by atoms with Crippen molar-refractivity contribution in [3.05, 3.63) is 131 Å². The molecule has 0 fully saturated rings. The Bertz CT molecular complexity index is 1260. The highest BCUT2D eigenvalue weighted by Crippen LogP contribution is 2.45. The summed E-state index contributed by atoms with van der Waals surface area (Å²) in [4.78, 5) is 4.64. The van der Waals surface area contributed by atoms with E-state index in [4.69, 9.17) is 4.74 Å². The van der Waals surface area contributed by atoms with Gasteiger partial charge in [-0.15, -0.1) is 0 Å². The molecule has 0 amide bonds. The highest BCUT2D eigenvalue weighted by Gasteiger charge is 2.30. The van der Waals surface area contributed by atoms with Crippen LogP contribution in [0.3, 0.4) is 0 Å². The van der Waals surface area contributed by atoms with Crippen molar-refractivity contribution in [1.82, 2.24) is 0 Å². The highest BCUT2D eigenvalue weighted by molar-refractivity contribution is 5.95. The maximum absolute atomic E-state index is 10.2. The number of fused-ring (bicyclic) bond motifs is 1. The van der Waals surface area contributed by atoms with Gasteiger partial charge in [0, 0.05) is 28.8 Å². The molecule has 3 nitrogen and oxygen atoms in total. The number of hydrogen-bond acceptors (Lipinski definition) is 3. The van der Waals surface area contributed by atoms with Crippen LogP contribution in [0.1, 0.15) is 22.6 Å². The van der Waals surface area contributed by atoms with Gasteiger partial charge in [0.1, 0.15) is 22.9 Å². The first-order chi connectivity index (χ1) is 15.3. The molecule has 0 aliphatic carbocycles. The lowest BCUT2D eigenvalue weighted by molar-refractivity contribution is 0.477. The zero-order valence-electron chi connectivity index (χ0n) is 16.8. The minimum absolute atomic E-state index is 0.0454. The normalized spacial score (nSPS) is 15.5. The second-order valence-electron chi connectivity index (χ2n) is 7.38. The standard InChI is InChI=1S/C28H21NO2/c30-25-17-9-8-16-24(25)29-19-23-27(20-11-3-1-4-12-20)22-15-7-10-18-26(22)31-28(23)21-13-5-2-6-14-21/h1-19,27,30H/t27-/m0/s1. The van der Waals surface area contributed by atoms with Crippen LogP contribution >= 0.6 is 0 Å². The summed E-state index contributed by atoms with van der Waals surface area (Å²) in [5.41, 5.74) is 4.70. The van der Waals surface area contributed by atoms with E-state index in [1.807, 2.05) is 79.0 Å². The molecule has 0 saturated heterocycles. The smallest absolute Gasteiger partial charge is 0.141 e. The number of benzene rings is 4. The van der Waals surface area contributed by atoms with Crippen molar-refractivity contribution in [3.63, 3.8) is 0 Å². The van der Waals surface area contributed by atoms with Crippen molar-refractivity contribution in [2.75, 3.05) is 0 Å². The first-order valence-corrected chi connectivity index (χ1v) is 10.2. The molecule has 150 valence electrons. The SMILES string of the molecule is Oc1ccccc1N=CC1=C(c2ccccc2)Oc2ccccc2[C@@H]1c1ccccc1. The van der Waals surface area contributed by atoms with E-state index in [0.29, 0.717) is 5.69 Å². The minimum Gasteiger partial charge on any atom is -0.506 e. The average molecular weight is 403 g/mol. The van der Waals surface area contributed by atoms with Gasteiger partial charge in [-0.25, -0.2) is 0 Å². The van der Waals surface area contributed by atoms with Crippen molar-refractivity contribution >= 4 is 17.7 Å². The Labute approximate surface area is 181 Å². The van der Waals surface area contributed by atoms with Crippen LogP contribution in [-0.2, 0) is 0 Å². The molecule has 4 aromatic carbocycles. The summed E-state index contributed by atoms with van der Waals surface area (Å²) < 4.78 is 6.43. The second kappa shape index (κ2) is 8.33. The van der Waals surface area contributed by atoms with Gasteiger partial charge in [-0.2, -0.15) is 0 Å². The van der Waals surface area contributed by atoms with Crippen LogP contribution in [0.25, 0.3) is 5.76 Å². The fraction of sp³-hybridized carbons (Fsp3) is 0.0357. The van der Waals surface area contributed by atoms with Gasteiger partial charge >= 0.3 is 0 Å². The molecule has 1 atom stereocenters. The molecule has 4 aromatic rings. The third kappa shape index (κ3) is 3.74. The minimum atomic E-state index is -0.0454. The molecule has 3 heteroatoms. The molecule has 1 aliphatic heterocycles. The number of aliphatic imine (C=N–C) groups is 1. The van der Waals surface area contributed by atoms with Crippen LogP contribution in [0.2, 0.25) is 0 Å². The Morgan fingerprint density at radius 3 is 2.13 bits per heavy atom. The fourth-order valence-electron chi connectivity index (χ4n) is 3.94. The largest absolute Gasteiger partial charge is 0.506 e. The van der Waals surface area contributed by atoms with Gasteiger partial charge < -0.3 is 9.84 Å². The first kappa shape index (κ1) is 18.9. The fourth-order valence-corrected chi connectivity index (χ4v) is 3.94. The number of nitrogens with zero attached hydrogens (tertiary/aromatic N) is 1. The van der Waals surface area contributed by atoms with Gasteiger partial charge in [-0.3, -0.25) is 4.99 Å². The third-order valence-corrected chi connectivity index (χ3v) is 5.41. The Morgan fingerprint density at radius 2 is 1.35 bits per heavy atom. The first-order valence-electron chi connectivity index (χ1n) is 10.2. The van der Waals surface area contributed by atoms with E-state index < -0.39 is 0 Å². The van der Waals surface area contributed by atoms with Crippen molar-refractivity contribution in [2.45, 2.75) is 5.92 Å². The molecular weight excluding hydrogens is 382 g/mol. The maximum atomic E-state index is 10.2. The molecule has 0 spiro atoms. The molecular formula is C28H21NO2. The van der Waals surface area contributed by atoms with Crippen LogP contribution in [0.5, 0.6) is 11.5 Å². The lowest BCUT2D eigenvalue weighted by Crippen LogP contribution is -2.17. The predicted molar refractivity (Wildman–Crippen MR) is 125 cm³/mol. The van der Waals surface area contributed by atoms with Crippen molar-refractivity contribution in [2.24, 2.45) is 4.99 Å². The van der Waals surface area contributed by atoms with Crippen LogP contribution in [-0.4, -0.2) is 11.3 Å². The summed E-state index contributed by atoms with van der Waals surface area (Å²) in [6.07, 6.45) is 1.82. The second-order valence-corrected chi connectivity index (χ2v) is 7.38. The van der Waals surface area contributed by atoms with Crippen molar-refractivity contribution in [1.29, 1.82) is 0 Å².